The first kappa shape index (κ1) is 23.7. The van der Waals surface area contributed by atoms with Gasteiger partial charge in [0.2, 0.25) is 0 Å². The van der Waals surface area contributed by atoms with Crippen molar-refractivity contribution in [3.05, 3.63) is 46.5 Å². The number of carbonyl (C=O) groups is 1. The Morgan fingerprint density at radius 3 is 2.22 bits per heavy atom. The highest BCUT2D eigenvalue weighted by atomic mass is 16.5. The van der Waals surface area contributed by atoms with Crippen LogP contribution in [0.25, 0.3) is 17.2 Å². The third kappa shape index (κ3) is 5.09. The number of aliphatic carboxylic acids is 1. The Morgan fingerprint density at radius 1 is 1.03 bits per heavy atom. The highest BCUT2D eigenvalue weighted by molar-refractivity contribution is 5.93. The van der Waals surface area contributed by atoms with E-state index in [1.54, 1.807) is 27.2 Å². The SMILES string of the molecule is COc1c(C)c(-c2ccc(NCC3CCCCC3)cc2)c(OC)c(C)c1/C=C(\C)C(=O)O. The molecule has 0 bridgehead atoms. The van der Waals surface area contributed by atoms with Crippen LogP contribution in [-0.2, 0) is 4.79 Å². The Balaban J connectivity index is 1.95. The smallest absolute Gasteiger partial charge is 0.331 e. The van der Waals surface area contributed by atoms with Crippen LogP contribution in [0.3, 0.4) is 0 Å². The van der Waals surface area contributed by atoms with Crippen molar-refractivity contribution in [1.29, 1.82) is 0 Å². The minimum absolute atomic E-state index is 0.244. The molecule has 32 heavy (non-hydrogen) atoms. The van der Waals surface area contributed by atoms with Gasteiger partial charge in [-0.1, -0.05) is 31.4 Å². The fourth-order valence-electron chi connectivity index (χ4n) is 4.69. The van der Waals surface area contributed by atoms with Gasteiger partial charge in [0, 0.05) is 40.1 Å². The van der Waals surface area contributed by atoms with Crippen LogP contribution in [0, 0.1) is 19.8 Å². The summed E-state index contributed by atoms with van der Waals surface area (Å²) in [5, 5.41) is 12.9. The zero-order valence-electron chi connectivity index (χ0n) is 19.9. The van der Waals surface area contributed by atoms with Crippen molar-refractivity contribution >= 4 is 17.7 Å². The molecule has 0 saturated heterocycles. The average Bonchev–Trinajstić information content (AvgIpc) is 2.80. The molecule has 1 fully saturated rings. The van der Waals surface area contributed by atoms with Gasteiger partial charge in [0.25, 0.3) is 0 Å². The van der Waals surface area contributed by atoms with Crippen molar-refractivity contribution in [2.45, 2.75) is 52.9 Å². The Morgan fingerprint density at radius 2 is 1.66 bits per heavy atom. The van der Waals surface area contributed by atoms with Crippen molar-refractivity contribution in [3.63, 3.8) is 0 Å². The highest BCUT2D eigenvalue weighted by Gasteiger charge is 2.22. The van der Waals surface area contributed by atoms with Crippen molar-refractivity contribution in [2.75, 3.05) is 26.1 Å². The lowest BCUT2D eigenvalue weighted by molar-refractivity contribution is -0.132. The van der Waals surface area contributed by atoms with Gasteiger partial charge < -0.3 is 19.9 Å². The van der Waals surface area contributed by atoms with Gasteiger partial charge in [-0.15, -0.1) is 0 Å². The lowest BCUT2D eigenvalue weighted by Crippen LogP contribution is -2.16. The van der Waals surface area contributed by atoms with Crippen LogP contribution in [0.4, 0.5) is 5.69 Å². The topological polar surface area (TPSA) is 67.8 Å². The molecular weight excluding hydrogens is 402 g/mol. The number of carboxylic acid groups (broad SMARTS) is 1. The molecule has 0 aliphatic heterocycles. The summed E-state index contributed by atoms with van der Waals surface area (Å²) in [6.07, 6.45) is 8.37. The molecular formula is C27H35NO4. The van der Waals surface area contributed by atoms with E-state index < -0.39 is 5.97 Å². The second-order valence-electron chi connectivity index (χ2n) is 8.70. The number of benzene rings is 2. The van der Waals surface area contributed by atoms with E-state index in [1.165, 1.54) is 32.1 Å². The summed E-state index contributed by atoms with van der Waals surface area (Å²) in [6.45, 7) is 6.53. The molecule has 0 aromatic heterocycles. The van der Waals surface area contributed by atoms with E-state index in [0.29, 0.717) is 5.75 Å². The molecule has 0 amide bonds. The number of nitrogens with one attached hydrogen (secondary N) is 1. The predicted molar refractivity (Wildman–Crippen MR) is 131 cm³/mol. The number of rotatable bonds is 8. The Bertz CT molecular complexity index is 986. The first-order chi connectivity index (χ1) is 15.4. The van der Waals surface area contributed by atoms with Crippen LogP contribution in [-0.4, -0.2) is 31.8 Å². The van der Waals surface area contributed by atoms with E-state index in [0.717, 1.165) is 51.7 Å². The number of hydrogen-bond donors (Lipinski definition) is 2. The maximum Gasteiger partial charge on any atom is 0.331 e. The maximum atomic E-state index is 11.4. The van der Waals surface area contributed by atoms with Crippen LogP contribution >= 0.6 is 0 Å². The zero-order valence-corrected chi connectivity index (χ0v) is 19.9. The highest BCUT2D eigenvalue weighted by Crippen LogP contribution is 2.44. The Hall–Kier alpha value is -2.95. The van der Waals surface area contributed by atoms with Gasteiger partial charge in [-0.2, -0.15) is 0 Å². The molecule has 3 rings (SSSR count). The van der Waals surface area contributed by atoms with Gasteiger partial charge in [0.05, 0.1) is 14.2 Å². The van der Waals surface area contributed by atoms with Crippen molar-refractivity contribution in [1.82, 2.24) is 0 Å². The summed E-state index contributed by atoms with van der Waals surface area (Å²) in [5.41, 5.74) is 5.87. The zero-order chi connectivity index (χ0) is 23.3. The predicted octanol–water partition coefficient (Wildman–Crippen LogP) is 6.47. The van der Waals surface area contributed by atoms with Crippen LogP contribution in [0.15, 0.2) is 29.8 Å². The lowest BCUT2D eigenvalue weighted by Gasteiger charge is -2.23. The minimum atomic E-state index is -0.955. The van der Waals surface area contributed by atoms with Gasteiger partial charge in [-0.3, -0.25) is 0 Å². The molecule has 2 N–H and O–H groups in total. The van der Waals surface area contributed by atoms with E-state index in [-0.39, 0.29) is 5.57 Å². The summed E-state index contributed by atoms with van der Waals surface area (Å²) < 4.78 is 11.5. The van der Waals surface area contributed by atoms with Gasteiger partial charge in [-0.25, -0.2) is 4.79 Å². The molecule has 1 saturated carbocycles. The van der Waals surface area contributed by atoms with E-state index in [1.807, 2.05) is 13.8 Å². The minimum Gasteiger partial charge on any atom is -0.496 e. The molecule has 0 radical (unpaired) electrons. The van der Waals surface area contributed by atoms with Crippen LogP contribution in [0.1, 0.15) is 55.7 Å². The van der Waals surface area contributed by atoms with Gasteiger partial charge >= 0.3 is 5.97 Å². The fraction of sp³-hybridized carbons (Fsp3) is 0.444. The molecule has 5 nitrogen and oxygen atoms in total. The quantitative estimate of drug-likeness (QED) is 0.463. The Labute approximate surface area is 191 Å². The summed E-state index contributed by atoms with van der Waals surface area (Å²) in [7, 11) is 3.26. The molecule has 1 aliphatic carbocycles. The maximum absolute atomic E-state index is 11.4. The molecule has 0 spiro atoms. The molecule has 172 valence electrons. The number of hydrogen-bond acceptors (Lipinski definition) is 4. The summed E-state index contributed by atoms with van der Waals surface area (Å²) in [4.78, 5) is 11.4. The van der Waals surface area contributed by atoms with Crippen LogP contribution in [0.2, 0.25) is 0 Å². The van der Waals surface area contributed by atoms with Gasteiger partial charge in [-0.05, 0) is 63.3 Å². The largest absolute Gasteiger partial charge is 0.496 e. The normalized spacial score (nSPS) is 14.8. The molecule has 0 atom stereocenters. The number of methoxy groups -OCH3 is 2. The number of ether oxygens (including phenoxy) is 2. The van der Waals surface area contributed by atoms with Crippen molar-refractivity contribution < 1.29 is 19.4 Å². The second-order valence-corrected chi connectivity index (χ2v) is 8.70. The van der Waals surface area contributed by atoms with Gasteiger partial charge in [0.15, 0.2) is 0 Å². The fourth-order valence-corrected chi connectivity index (χ4v) is 4.69. The van der Waals surface area contributed by atoms with Crippen molar-refractivity contribution in [2.24, 2.45) is 5.92 Å². The van der Waals surface area contributed by atoms with Crippen LogP contribution in [0.5, 0.6) is 11.5 Å². The van der Waals surface area contributed by atoms with Crippen molar-refractivity contribution in [3.8, 4) is 22.6 Å². The molecule has 2 aromatic rings. The average molecular weight is 438 g/mol. The number of anilines is 1. The summed E-state index contributed by atoms with van der Waals surface area (Å²) >= 11 is 0. The Kier molecular flexibility index (Phi) is 7.84. The first-order valence-electron chi connectivity index (χ1n) is 11.4. The standard InChI is InChI=1S/C27H35NO4/c1-17(27(29)30)15-23-18(2)26(32-5)24(19(3)25(23)31-4)21-11-13-22(14-12-21)28-16-20-9-7-6-8-10-20/h11-15,20,28H,6-10,16H2,1-5H3,(H,29,30)/b17-15+. The molecule has 0 heterocycles. The molecule has 0 unspecified atom stereocenters. The van der Waals surface area contributed by atoms with Gasteiger partial charge in [0.1, 0.15) is 11.5 Å². The van der Waals surface area contributed by atoms with E-state index in [4.69, 9.17) is 9.47 Å². The second kappa shape index (κ2) is 10.6. The summed E-state index contributed by atoms with van der Waals surface area (Å²) in [6, 6.07) is 8.43. The van der Waals surface area contributed by atoms with E-state index in [2.05, 4.69) is 29.6 Å². The van der Waals surface area contributed by atoms with E-state index >= 15 is 0 Å². The summed E-state index contributed by atoms with van der Waals surface area (Å²) in [5.74, 6) is 1.21. The number of carboxylic acids is 1. The lowest BCUT2D eigenvalue weighted by atomic mass is 9.89. The molecule has 5 heteroatoms. The monoisotopic (exact) mass is 437 g/mol. The van der Waals surface area contributed by atoms with E-state index in [9.17, 15) is 9.90 Å². The third-order valence-electron chi connectivity index (χ3n) is 6.53. The first-order valence-corrected chi connectivity index (χ1v) is 11.4. The van der Waals surface area contributed by atoms with Crippen LogP contribution < -0.4 is 14.8 Å². The molecule has 2 aromatic carbocycles. The third-order valence-corrected chi connectivity index (χ3v) is 6.53. The molecule has 1 aliphatic rings.